The van der Waals surface area contributed by atoms with Gasteiger partial charge in [-0.1, -0.05) is 0 Å². The predicted molar refractivity (Wildman–Crippen MR) is 42.9 cm³/mol. The quantitative estimate of drug-likeness (QED) is 0.234. The molecule has 0 aliphatic rings. The molecule has 0 spiro atoms. The van der Waals surface area contributed by atoms with Crippen LogP contribution in [0, 0.1) is 0 Å². The molecule has 0 saturated heterocycles. The summed E-state index contributed by atoms with van der Waals surface area (Å²) in [5.74, 6) is 0. The van der Waals surface area contributed by atoms with Gasteiger partial charge >= 0.3 is 66.8 Å². The molecule has 0 atom stereocenters. The average molecular weight is 479 g/mol. The van der Waals surface area contributed by atoms with Crippen molar-refractivity contribution in [2.45, 2.75) is 0 Å². The summed E-state index contributed by atoms with van der Waals surface area (Å²) in [5.41, 5.74) is 0. The van der Waals surface area contributed by atoms with Crippen molar-refractivity contribution in [3.8, 4) is 0 Å². The van der Waals surface area contributed by atoms with E-state index in [1.807, 2.05) is 0 Å². The number of rotatable bonds is 0. The third kappa shape index (κ3) is 487. The van der Waals surface area contributed by atoms with Crippen LogP contribution < -0.4 is 62.9 Å². The van der Waals surface area contributed by atoms with Gasteiger partial charge in [0.15, 0.2) is 0 Å². The van der Waals surface area contributed by atoms with Crippen molar-refractivity contribution in [3.05, 3.63) is 0 Å². The van der Waals surface area contributed by atoms with Crippen LogP contribution in [0.2, 0.25) is 0 Å². The van der Waals surface area contributed by atoms with Gasteiger partial charge in [-0.15, -0.1) is 0 Å². The fourth-order valence-corrected chi connectivity index (χ4v) is 0. The van der Waals surface area contributed by atoms with E-state index >= 15 is 0 Å². The molecule has 0 N–H and O–H groups in total. The first kappa shape index (κ1) is 37.8. The van der Waals surface area contributed by atoms with Gasteiger partial charge in [0, 0.05) is 0 Å². The average Bonchev–Trinajstić information content (AvgIpc) is 1.41. The maximum atomic E-state index is 8.92. The molecule has 0 fully saturated rings. The molecule has 0 amide bonds. The van der Waals surface area contributed by atoms with Crippen molar-refractivity contribution in [1.29, 1.82) is 0 Å². The second-order valence-electron chi connectivity index (χ2n) is 1.34. The minimum atomic E-state index is -4.56. The monoisotopic (exact) mass is 478 g/mol. The van der Waals surface area contributed by atoms with E-state index in [2.05, 4.69) is 35.4 Å². The Morgan fingerprint density at radius 2 is 0.500 bits per heavy atom. The smallest absolute Gasteiger partial charge is 0.844 e. The molecule has 9 nitrogen and oxygen atoms in total. The molecule has 0 saturated carbocycles. The van der Waals surface area contributed by atoms with Crippen LogP contribution in [-0.2, 0) is 83.3 Å². The Labute approximate surface area is 164 Å². The Hall–Kier alpha value is 3.78. The molecule has 0 aromatic heterocycles. The van der Waals surface area contributed by atoms with Gasteiger partial charge in [-0.2, -0.15) is 35.4 Å². The van der Waals surface area contributed by atoms with Crippen LogP contribution >= 0.6 is 20.2 Å². The first-order valence-corrected chi connectivity index (χ1v) is 9.86. The van der Waals surface area contributed by atoms with Gasteiger partial charge in [0.1, 0.15) is 0 Å². The molecule has 0 heterocycles. The van der Waals surface area contributed by atoms with Crippen LogP contribution in [-0.4, -0.2) is 0 Å². The minimum Gasteiger partial charge on any atom is -0.844 e. The van der Waals surface area contributed by atoms with E-state index in [1.165, 1.54) is 0 Å². The SMILES string of the molecule is [Li+].[O-]P([O-])([O-])=S.[O-]P([O-])([O-])=S.[O-]P([O-])([O-])=S.[Ti+4].[Zr+4]. The van der Waals surface area contributed by atoms with Crippen molar-refractivity contribution in [1.82, 2.24) is 0 Å². The van der Waals surface area contributed by atoms with Gasteiger partial charge in [-0.3, -0.25) is 0 Å². The number of hydrogen-bond acceptors (Lipinski definition) is 12. The van der Waals surface area contributed by atoms with Gasteiger partial charge < -0.3 is 64.2 Å². The van der Waals surface area contributed by atoms with E-state index in [1.54, 1.807) is 0 Å². The topological polar surface area (TPSA) is 208 Å². The fourth-order valence-electron chi connectivity index (χ4n) is 0. The van der Waals surface area contributed by atoms with Crippen molar-refractivity contribution in [2.24, 2.45) is 0 Å². The first-order valence-electron chi connectivity index (χ1n) is 2.19. The third-order valence-corrected chi connectivity index (χ3v) is 0. The molecule has 0 aromatic rings. The molecule has 18 heavy (non-hydrogen) atoms. The molecule has 0 radical (unpaired) electrons. The molecule has 0 bridgehead atoms. The van der Waals surface area contributed by atoms with E-state index in [9.17, 15) is 0 Å². The maximum Gasteiger partial charge on any atom is 4.00 e. The summed E-state index contributed by atoms with van der Waals surface area (Å²) in [6.45, 7) is -13.7. The van der Waals surface area contributed by atoms with Crippen LogP contribution in [0.5, 0.6) is 0 Å². The molecule has 0 aliphatic carbocycles. The van der Waals surface area contributed by atoms with Crippen molar-refractivity contribution >= 4 is 55.6 Å². The van der Waals surface area contributed by atoms with Crippen LogP contribution in [0.4, 0.5) is 0 Å². The van der Waals surface area contributed by atoms with Crippen LogP contribution in [0.25, 0.3) is 0 Å². The Morgan fingerprint density at radius 1 is 0.500 bits per heavy atom. The van der Waals surface area contributed by atoms with Gasteiger partial charge in [0.25, 0.3) is 0 Å². The first-order chi connectivity index (χ1) is 6.00. The second kappa shape index (κ2) is 17.1. The summed E-state index contributed by atoms with van der Waals surface area (Å²) < 4.78 is 0. The third-order valence-electron chi connectivity index (χ3n) is 0. The molecule has 18 heteroatoms. The Kier molecular flexibility index (Phi) is 36.0. The van der Waals surface area contributed by atoms with Crippen molar-refractivity contribution in [3.63, 3.8) is 0 Å². The van der Waals surface area contributed by atoms with E-state index < -0.39 is 20.2 Å². The summed E-state index contributed by atoms with van der Waals surface area (Å²) in [7, 11) is 0. The second-order valence-corrected chi connectivity index (χ2v) is 8.05. The fraction of sp³-hybridized carbons (Fsp3) is 0. The molecule has 0 aliphatic heterocycles. The molecule has 96 valence electrons. The van der Waals surface area contributed by atoms with E-state index in [0.29, 0.717) is 0 Å². The molecular formula is LiO9P3S3TiZr. The Balaban J connectivity index is -0.0000000277. The summed E-state index contributed by atoms with van der Waals surface area (Å²) in [4.78, 5) is 80.3. The largest absolute Gasteiger partial charge is 4.00 e. The standard InChI is InChI=1S/Li.3H3O3PS.Ti.Zr/c;3*1-4(2,3)5;;/h;3*(H3,1,2,3,5);;/q+1;;;;2*+4/p-9. The molecule has 0 aromatic carbocycles. The summed E-state index contributed by atoms with van der Waals surface area (Å²) >= 11 is 9.81. The zero-order valence-corrected chi connectivity index (χ0v) is 17.4. The normalized spacial score (nSPS) is 9.83. The van der Waals surface area contributed by atoms with Crippen LogP contribution in [0.3, 0.4) is 0 Å². The molecule has 0 unspecified atom stereocenters. The molecular weight excluding hydrogens is 479 g/mol. The number of hydrogen-bond donors (Lipinski definition) is 0. The summed E-state index contributed by atoms with van der Waals surface area (Å²) in [6, 6.07) is 0. The van der Waals surface area contributed by atoms with Crippen LogP contribution in [0.15, 0.2) is 0 Å². The maximum absolute atomic E-state index is 8.92. The van der Waals surface area contributed by atoms with Crippen molar-refractivity contribution < 1.29 is 111 Å². The minimum absolute atomic E-state index is 0. The summed E-state index contributed by atoms with van der Waals surface area (Å²) in [5, 5.41) is 0. The zero-order chi connectivity index (χ0) is 13.5. The summed E-state index contributed by atoms with van der Waals surface area (Å²) in [6.07, 6.45) is 0. The zero-order valence-electron chi connectivity index (χ0n) is 8.24. The Bertz CT molecular complexity index is 223. The van der Waals surface area contributed by atoms with Crippen molar-refractivity contribution in [2.75, 3.05) is 0 Å². The predicted octanol–water partition coefficient (Wildman–Crippen LogP) is -11.1. The van der Waals surface area contributed by atoms with E-state index in [0.717, 1.165) is 0 Å². The van der Waals surface area contributed by atoms with Crippen LogP contribution in [0.1, 0.15) is 0 Å². The van der Waals surface area contributed by atoms with Gasteiger partial charge in [0.05, 0.1) is 0 Å². The van der Waals surface area contributed by atoms with Gasteiger partial charge in [-0.25, -0.2) is 0 Å². The van der Waals surface area contributed by atoms with E-state index in [-0.39, 0.29) is 66.8 Å². The van der Waals surface area contributed by atoms with Gasteiger partial charge in [-0.05, 0) is 0 Å². The Morgan fingerprint density at radius 3 is 0.500 bits per heavy atom. The molecule has 0 rings (SSSR count). The van der Waals surface area contributed by atoms with E-state index in [4.69, 9.17) is 44.0 Å². The van der Waals surface area contributed by atoms with Gasteiger partial charge in [0.2, 0.25) is 0 Å².